The Balaban J connectivity index is 3.99. The maximum atomic E-state index is 11.6. The summed E-state index contributed by atoms with van der Waals surface area (Å²) in [5, 5.41) is 11.6. The first-order valence-electron chi connectivity index (χ1n) is 6.78. The molecule has 106 valence electrons. The van der Waals surface area contributed by atoms with Gasteiger partial charge >= 0.3 is 5.97 Å². The van der Waals surface area contributed by atoms with Gasteiger partial charge in [-0.1, -0.05) is 40.5 Å². The quantitative estimate of drug-likeness (QED) is 0.702. The van der Waals surface area contributed by atoms with Gasteiger partial charge in [0.2, 0.25) is 5.91 Å². The number of unbranched alkanes of at least 4 members (excludes halogenated alkanes) is 1. The molecule has 0 aliphatic rings. The Morgan fingerprint density at radius 3 is 2.28 bits per heavy atom. The van der Waals surface area contributed by atoms with E-state index in [4.69, 9.17) is 5.11 Å². The topological polar surface area (TPSA) is 66.4 Å². The van der Waals surface area contributed by atoms with Gasteiger partial charge in [0.1, 0.15) is 6.04 Å². The first-order chi connectivity index (χ1) is 8.26. The lowest BCUT2D eigenvalue weighted by atomic mass is 9.90. The molecule has 0 radical (unpaired) electrons. The van der Waals surface area contributed by atoms with Crippen LogP contribution in [0.15, 0.2) is 0 Å². The molecule has 1 atom stereocenters. The predicted octanol–water partition coefficient (Wildman–Crippen LogP) is 2.96. The number of carbonyl (C=O) groups is 2. The molecule has 0 saturated heterocycles. The molecule has 0 bridgehead atoms. The van der Waals surface area contributed by atoms with E-state index in [9.17, 15) is 9.59 Å². The van der Waals surface area contributed by atoms with Crippen LogP contribution in [0, 0.1) is 5.41 Å². The highest BCUT2D eigenvalue weighted by molar-refractivity contribution is 5.83. The van der Waals surface area contributed by atoms with Crippen LogP contribution in [0.3, 0.4) is 0 Å². The summed E-state index contributed by atoms with van der Waals surface area (Å²) in [6.07, 6.45) is 4.44. The monoisotopic (exact) mass is 257 g/mol. The Kier molecular flexibility index (Phi) is 7.64. The second-order valence-corrected chi connectivity index (χ2v) is 6.01. The molecule has 4 nitrogen and oxygen atoms in total. The molecule has 0 aromatic heterocycles. The fraction of sp³-hybridized carbons (Fsp3) is 0.857. The number of aliphatic carboxylic acids is 1. The van der Waals surface area contributed by atoms with E-state index in [0.29, 0.717) is 12.8 Å². The zero-order valence-corrected chi connectivity index (χ0v) is 12.1. The Morgan fingerprint density at radius 1 is 1.22 bits per heavy atom. The van der Waals surface area contributed by atoms with Crippen molar-refractivity contribution in [3.63, 3.8) is 0 Å². The summed E-state index contributed by atoms with van der Waals surface area (Å²) >= 11 is 0. The van der Waals surface area contributed by atoms with Crippen molar-refractivity contribution in [1.82, 2.24) is 5.32 Å². The van der Waals surface area contributed by atoms with Crippen molar-refractivity contribution in [2.24, 2.45) is 5.41 Å². The van der Waals surface area contributed by atoms with Gasteiger partial charge in [-0.25, -0.2) is 4.79 Å². The standard InChI is InChI=1S/C14H27NO3/c1-5-6-8-11(13(17)18)15-12(16)9-7-10-14(2,3)4/h11H,5-10H2,1-4H3,(H,15,16)(H,17,18)/t11-/m0/s1. The summed E-state index contributed by atoms with van der Waals surface area (Å²) < 4.78 is 0. The number of hydrogen-bond donors (Lipinski definition) is 2. The normalized spacial score (nSPS) is 13.1. The molecule has 0 aliphatic carbocycles. The number of carboxylic acid groups (broad SMARTS) is 1. The van der Waals surface area contributed by atoms with Crippen LogP contribution in [0.4, 0.5) is 0 Å². The van der Waals surface area contributed by atoms with Crippen LogP contribution in [-0.2, 0) is 9.59 Å². The van der Waals surface area contributed by atoms with Crippen molar-refractivity contribution < 1.29 is 14.7 Å². The van der Waals surface area contributed by atoms with E-state index < -0.39 is 12.0 Å². The number of carbonyl (C=O) groups excluding carboxylic acids is 1. The van der Waals surface area contributed by atoms with Gasteiger partial charge in [-0.3, -0.25) is 4.79 Å². The van der Waals surface area contributed by atoms with Crippen molar-refractivity contribution >= 4 is 11.9 Å². The molecule has 4 heteroatoms. The molecule has 0 aromatic carbocycles. The van der Waals surface area contributed by atoms with Crippen LogP contribution >= 0.6 is 0 Å². The zero-order valence-electron chi connectivity index (χ0n) is 12.1. The minimum atomic E-state index is -0.937. The zero-order chi connectivity index (χ0) is 14.2. The van der Waals surface area contributed by atoms with Gasteiger partial charge < -0.3 is 10.4 Å². The Morgan fingerprint density at radius 2 is 1.83 bits per heavy atom. The average molecular weight is 257 g/mol. The van der Waals surface area contributed by atoms with Gasteiger partial charge in [-0.15, -0.1) is 0 Å². The van der Waals surface area contributed by atoms with E-state index in [-0.39, 0.29) is 11.3 Å². The maximum absolute atomic E-state index is 11.6. The molecule has 0 fully saturated rings. The average Bonchev–Trinajstić information content (AvgIpc) is 2.21. The molecule has 0 aromatic rings. The number of amides is 1. The highest BCUT2D eigenvalue weighted by Gasteiger charge is 2.19. The second-order valence-electron chi connectivity index (χ2n) is 6.01. The number of hydrogen-bond acceptors (Lipinski definition) is 2. The minimum Gasteiger partial charge on any atom is -0.480 e. The lowest BCUT2D eigenvalue weighted by Crippen LogP contribution is -2.40. The number of carboxylic acids is 1. The molecule has 2 N–H and O–H groups in total. The van der Waals surface area contributed by atoms with Crippen LogP contribution in [0.1, 0.15) is 66.2 Å². The SMILES string of the molecule is CCCC[C@H](NC(=O)CCCC(C)(C)C)C(=O)O. The fourth-order valence-corrected chi connectivity index (χ4v) is 1.71. The van der Waals surface area contributed by atoms with E-state index in [1.807, 2.05) is 6.92 Å². The molecule has 0 saturated carbocycles. The lowest BCUT2D eigenvalue weighted by Gasteiger charge is -2.18. The summed E-state index contributed by atoms with van der Waals surface area (Å²) in [6.45, 7) is 8.40. The van der Waals surface area contributed by atoms with E-state index in [1.54, 1.807) is 0 Å². The molecule has 0 heterocycles. The van der Waals surface area contributed by atoms with Gasteiger partial charge in [-0.05, 0) is 24.7 Å². The molecular formula is C14H27NO3. The Hall–Kier alpha value is -1.06. The van der Waals surface area contributed by atoms with Crippen LogP contribution in [0.2, 0.25) is 0 Å². The third-order valence-corrected chi connectivity index (χ3v) is 2.81. The van der Waals surface area contributed by atoms with Crippen molar-refractivity contribution in [1.29, 1.82) is 0 Å². The number of rotatable bonds is 8. The van der Waals surface area contributed by atoms with Gasteiger partial charge in [0, 0.05) is 6.42 Å². The molecule has 1 amide bonds. The van der Waals surface area contributed by atoms with Gasteiger partial charge in [0.05, 0.1) is 0 Å². The summed E-state index contributed by atoms with van der Waals surface area (Å²) in [5.74, 6) is -1.09. The molecular weight excluding hydrogens is 230 g/mol. The first-order valence-corrected chi connectivity index (χ1v) is 6.78. The summed E-state index contributed by atoms with van der Waals surface area (Å²) in [7, 11) is 0. The van der Waals surface area contributed by atoms with E-state index >= 15 is 0 Å². The minimum absolute atomic E-state index is 0.150. The van der Waals surface area contributed by atoms with Crippen LogP contribution in [-0.4, -0.2) is 23.0 Å². The molecule has 0 rings (SSSR count). The van der Waals surface area contributed by atoms with E-state index in [0.717, 1.165) is 25.7 Å². The third-order valence-electron chi connectivity index (χ3n) is 2.81. The van der Waals surface area contributed by atoms with E-state index in [1.165, 1.54) is 0 Å². The maximum Gasteiger partial charge on any atom is 0.326 e. The number of nitrogens with one attached hydrogen (secondary N) is 1. The highest BCUT2D eigenvalue weighted by Crippen LogP contribution is 2.21. The van der Waals surface area contributed by atoms with Crippen molar-refractivity contribution in [3.05, 3.63) is 0 Å². The lowest BCUT2D eigenvalue weighted by molar-refractivity contribution is -0.142. The molecule has 0 spiro atoms. The van der Waals surface area contributed by atoms with Crippen molar-refractivity contribution in [2.75, 3.05) is 0 Å². The fourth-order valence-electron chi connectivity index (χ4n) is 1.71. The summed E-state index contributed by atoms with van der Waals surface area (Å²) in [4.78, 5) is 22.6. The Labute approximate surface area is 110 Å². The van der Waals surface area contributed by atoms with Crippen molar-refractivity contribution in [3.8, 4) is 0 Å². The smallest absolute Gasteiger partial charge is 0.326 e. The largest absolute Gasteiger partial charge is 0.480 e. The van der Waals surface area contributed by atoms with Gasteiger partial charge in [0.15, 0.2) is 0 Å². The van der Waals surface area contributed by atoms with Gasteiger partial charge in [-0.2, -0.15) is 0 Å². The van der Waals surface area contributed by atoms with Crippen LogP contribution in [0.5, 0.6) is 0 Å². The van der Waals surface area contributed by atoms with Crippen LogP contribution in [0.25, 0.3) is 0 Å². The summed E-state index contributed by atoms with van der Waals surface area (Å²) in [5.41, 5.74) is 0.217. The van der Waals surface area contributed by atoms with Crippen molar-refractivity contribution in [2.45, 2.75) is 72.3 Å². The molecule has 0 unspecified atom stereocenters. The van der Waals surface area contributed by atoms with Crippen LogP contribution < -0.4 is 5.32 Å². The van der Waals surface area contributed by atoms with Gasteiger partial charge in [0.25, 0.3) is 0 Å². The summed E-state index contributed by atoms with van der Waals surface area (Å²) in [6, 6.07) is -0.730. The third kappa shape index (κ3) is 9.02. The predicted molar refractivity (Wildman–Crippen MR) is 72.4 cm³/mol. The first kappa shape index (κ1) is 16.9. The molecule has 0 aliphatic heterocycles. The highest BCUT2D eigenvalue weighted by atomic mass is 16.4. The van der Waals surface area contributed by atoms with E-state index in [2.05, 4.69) is 26.1 Å². The Bertz CT molecular complexity index is 269. The molecule has 18 heavy (non-hydrogen) atoms. The second kappa shape index (κ2) is 8.11.